The number of carbonyl (C=O) groups excluding carboxylic acids is 1. The molecule has 0 fully saturated rings. The van der Waals surface area contributed by atoms with E-state index in [1.807, 2.05) is 91.0 Å². The highest BCUT2D eigenvalue weighted by Crippen LogP contribution is 2.29. The lowest BCUT2D eigenvalue weighted by molar-refractivity contribution is -0.130. The number of anilines is 1. The van der Waals surface area contributed by atoms with E-state index in [-0.39, 0.29) is 30.4 Å². The second-order valence-electron chi connectivity index (χ2n) is 11.2. The second kappa shape index (κ2) is 14.9. The van der Waals surface area contributed by atoms with E-state index < -0.39 is 17.8 Å². The van der Waals surface area contributed by atoms with E-state index in [0.717, 1.165) is 16.7 Å². The van der Waals surface area contributed by atoms with Gasteiger partial charge in [-0.3, -0.25) is 9.69 Å². The molecule has 0 aliphatic carbocycles. The monoisotopic (exact) mass is 682 g/mol. The van der Waals surface area contributed by atoms with E-state index >= 15 is 0 Å². The van der Waals surface area contributed by atoms with Crippen LogP contribution in [0, 0.1) is 6.92 Å². The van der Waals surface area contributed by atoms with Gasteiger partial charge in [-0.1, -0.05) is 91.0 Å². The van der Waals surface area contributed by atoms with Crippen molar-refractivity contribution in [1.82, 2.24) is 14.8 Å². The van der Waals surface area contributed by atoms with Gasteiger partial charge in [0.05, 0.1) is 10.9 Å². The predicted octanol–water partition coefficient (Wildman–Crippen LogP) is 6.66. The van der Waals surface area contributed by atoms with E-state index in [1.54, 1.807) is 24.9 Å². The smallest absolute Gasteiger partial charge is 0.407 e. The molecule has 5 aromatic rings. The molecular weight excluding hydrogens is 648 g/mol. The quantitative estimate of drug-likeness (QED) is 0.151. The summed E-state index contributed by atoms with van der Waals surface area (Å²) in [6.45, 7) is 2.52. The van der Waals surface area contributed by atoms with Gasteiger partial charge in [-0.25, -0.2) is 9.59 Å². The second-order valence-corrected chi connectivity index (χ2v) is 12.0. The first kappa shape index (κ1) is 32.4. The number of likely N-dealkylation sites (N-methyl/N-ethyl adjacent to an activating group) is 1. The van der Waals surface area contributed by atoms with Gasteiger partial charge < -0.3 is 19.7 Å². The fourth-order valence-corrected chi connectivity index (χ4v) is 5.92. The summed E-state index contributed by atoms with van der Waals surface area (Å²) in [6, 6.07) is 29.8. The van der Waals surface area contributed by atoms with E-state index in [2.05, 4.69) is 26.2 Å². The first-order chi connectivity index (χ1) is 22.2. The Kier molecular flexibility index (Phi) is 10.5. The highest BCUT2D eigenvalue weighted by atomic mass is 79.9. The molecule has 46 heavy (non-hydrogen) atoms. The molecule has 236 valence electrons. The molecule has 10 heteroatoms. The maximum atomic E-state index is 13.7. The lowest BCUT2D eigenvalue weighted by Gasteiger charge is -2.25. The van der Waals surface area contributed by atoms with Crippen LogP contribution in [-0.2, 0) is 30.7 Å². The van der Waals surface area contributed by atoms with E-state index in [0.29, 0.717) is 40.5 Å². The summed E-state index contributed by atoms with van der Waals surface area (Å²) in [5.41, 5.74) is 3.85. The maximum Gasteiger partial charge on any atom is 0.407 e. The van der Waals surface area contributed by atoms with Crippen LogP contribution in [0.25, 0.3) is 10.9 Å². The average Bonchev–Trinajstić information content (AvgIpc) is 3.06. The van der Waals surface area contributed by atoms with Crippen molar-refractivity contribution in [2.45, 2.75) is 38.9 Å². The molecule has 5 rings (SSSR count). The molecule has 0 aliphatic rings. The molecule has 1 aromatic heterocycles. The summed E-state index contributed by atoms with van der Waals surface area (Å²) in [6.07, 6.45) is -0.0272. The summed E-state index contributed by atoms with van der Waals surface area (Å²) >= 11 is 3.55. The lowest BCUT2D eigenvalue weighted by Crippen LogP contribution is -2.43. The summed E-state index contributed by atoms with van der Waals surface area (Å²) in [7, 11) is 1.76. The van der Waals surface area contributed by atoms with Gasteiger partial charge in [0, 0.05) is 37.6 Å². The number of carboxylic acid groups (broad SMARTS) is 1. The molecular formula is C36H35BrN4O5. The molecule has 1 heterocycles. The minimum atomic E-state index is -1.08. The predicted molar refractivity (Wildman–Crippen MR) is 182 cm³/mol. The largest absolute Gasteiger partial charge is 0.465 e. The van der Waals surface area contributed by atoms with E-state index in [9.17, 15) is 19.5 Å². The van der Waals surface area contributed by atoms with Gasteiger partial charge in [-0.2, -0.15) is 4.98 Å². The number of benzene rings is 4. The Hall–Kier alpha value is -4.96. The van der Waals surface area contributed by atoms with Gasteiger partial charge in [-0.05, 0) is 63.2 Å². The van der Waals surface area contributed by atoms with Crippen LogP contribution < -0.4 is 10.9 Å². The Labute approximate surface area is 275 Å². The number of hydrogen-bond donors (Lipinski definition) is 2. The number of aryl methyl sites for hydroxylation is 1. The molecule has 4 aromatic carbocycles. The van der Waals surface area contributed by atoms with Crippen molar-refractivity contribution in [3.8, 4) is 0 Å². The maximum absolute atomic E-state index is 13.7. The molecule has 0 spiro atoms. The number of amides is 2. The molecule has 9 nitrogen and oxygen atoms in total. The number of aromatic nitrogens is 1. The number of fused-ring (bicyclic) bond motifs is 1. The van der Waals surface area contributed by atoms with Crippen LogP contribution in [0.3, 0.4) is 0 Å². The first-order valence-corrected chi connectivity index (χ1v) is 15.7. The van der Waals surface area contributed by atoms with Gasteiger partial charge >= 0.3 is 11.7 Å². The molecule has 0 radical (unpaired) electrons. The minimum absolute atomic E-state index is 0.0625. The van der Waals surface area contributed by atoms with Crippen LogP contribution in [0.5, 0.6) is 0 Å². The van der Waals surface area contributed by atoms with Crippen molar-refractivity contribution in [3.05, 3.63) is 140 Å². The Morgan fingerprint density at radius 1 is 0.913 bits per heavy atom. The van der Waals surface area contributed by atoms with Gasteiger partial charge in [0.2, 0.25) is 5.91 Å². The summed E-state index contributed by atoms with van der Waals surface area (Å²) in [4.78, 5) is 46.9. The Bertz CT molecular complexity index is 1870. The Balaban J connectivity index is 1.41. The number of rotatable bonds is 12. The van der Waals surface area contributed by atoms with Gasteiger partial charge in [0.25, 0.3) is 6.01 Å². The highest BCUT2D eigenvalue weighted by Gasteiger charge is 2.26. The number of carbonyl (C=O) groups is 2. The summed E-state index contributed by atoms with van der Waals surface area (Å²) < 4.78 is 6.17. The average molecular weight is 684 g/mol. The third-order valence-corrected chi connectivity index (χ3v) is 8.51. The lowest BCUT2D eigenvalue weighted by atomic mass is 10.0. The van der Waals surface area contributed by atoms with Crippen LogP contribution >= 0.6 is 15.9 Å². The van der Waals surface area contributed by atoms with Crippen LogP contribution in [0.2, 0.25) is 0 Å². The molecule has 0 saturated heterocycles. The van der Waals surface area contributed by atoms with Gasteiger partial charge in [-0.15, -0.1) is 0 Å². The molecule has 0 bridgehead atoms. The van der Waals surface area contributed by atoms with Crippen LogP contribution in [0.15, 0.2) is 111 Å². The van der Waals surface area contributed by atoms with Crippen molar-refractivity contribution < 1.29 is 19.1 Å². The third-order valence-electron chi connectivity index (χ3n) is 7.91. The van der Waals surface area contributed by atoms with Crippen molar-refractivity contribution in [1.29, 1.82) is 0 Å². The molecule has 2 amide bonds. The number of nitrogens with zero attached hydrogens (tertiary/aromatic N) is 3. The SMILES string of the molecule is Cc1c(CN(Cc2ccccc2)C(=O)O)cc(Br)c2nc(NC(Cc3ccccc3)C(=O)N(C)CCc3ccccc3)oc(=O)c12. The summed E-state index contributed by atoms with van der Waals surface area (Å²) in [5.74, 6) is -0.165. The molecule has 0 saturated carbocycles. The van der Waals surface area contributed by atoms with Crippen molar-refractivity contribution >= 4 is 44.8 Å². The minimum Gasteiger partial charge on any atom is -0.465 e. The molecule has 1 atom stereocenters. The Morgan fingerprint density at radius 3 is 2.11 bits per heavy atom. The van der Waals surface area contributed by atoms with Gasteiger partial charge in [0.1, 0.15) is 6.04 Å². The molecule has 0 aliphatic heterocycles. The highest BCUT2D eigenvalue weighted by molar-refractivity contribution is 9.10. The normalized spacial score (nSPS) is 11.6. The van der Waals surface area contributed by atoms with Crippen molar-refractivity contribution in [2.75, 3.05) is 18.9 Å². The fourth-order valence-electron chi connectivity index (χ4n) is 5.35. The van der Waals surface area contributed by atoms with Crippen molar-refractivity contribution in [2.24, 2.45) is 0 Å². The molecule has 2 N–H and O–H groups in total. The van der Waals surface area contributed by atoms with Crippen LogP contribution in [0.1, 0.15) is 27.8 Å². The zero-order valence-corrected chi connectivity index (χ0v) is 27.2. The fraction of sp³-hybridized carbons (Fsp3) is 0.222. The zero-order chi connectivity index (χ0) is 32.6. The van der Waals surface area contributed by atoms with Crippen LogP contribution in [-0.4, -0.2) is 51.5 Å². The zero-order valence-electron chi connectivity index (χ0n) is 25.7. The topological polar surface area (TPSA) is 116 Å². The standard InChI is InChI=1S/C36H35BrN4O5/c1-24-28(23-41(36(44)45)22-27-16-10-5-11-17-27)21-29(37)32-31(24)34(43)46-35(39-32)38-30(20-26-14-8-4-9-15-26)33(42)40(2)19-18-25-12-6-3-7-13-25/h3-17,21,30H,18-20,22-23H2,1-2H3,(H,38,39)(H,44,45). The Morgan fingerprint density at radius 2 is 1.50 bits per heavy atom. The summed E-state index contributed by atoms with van der Waals surface area (Å²) in [5, 5.41) is 13.2. The number of halogens is 1. The van der Waals surface area contributed by atoms with E-state index in [1.165, 1.54) is 4.90 Å². The first-order valence-electron chi connectivity index (χ1n) is 14.9. The van der Waals surface area contributed by atoms with E-state index in [4.69, 9.17) is 4.42 Å². The third kappa shape index (κ3) is 8.00. The van der Waals surface area contributed by atoms with Gasteiger partial charge in [0.15, 0.2) is 0 Å². The number of nitrogens with one attached hydrogen (secondary N) is 1. The van der Waals surface area contributed by atoms with Crippen LogP contribution in [0.4, 0.5) is 10.8 Å². The molecule has 1 unspecified atom stereocenters. The van der Waals surface area contributed by atoms with Crippen molar-refractivity contribution in [3.63, 3.8) is 0 Å². The number of hydrogen-bond acceptors (Lipinski definition) is 6.